The molecular formula is C51H56N2. The van der Waals surface area contributed by atoms with Crippen molar-refractivity contribution in [2.24, 2.45) is 0 Å². The van der Waals surface area contributed by atoms with Gasteiger partial charge in [0.1, 0.15) is 0 Å². The van der Waals surface area contributed by atoms with E-state index < -0.39 is 0 Å². The molecular weight excluding hydrogens is 641 g/mol. The summed E-state index contributed by atoms with van der Waals surface area (Å²) in [6.45, 7) is 22.4. The zero-order chi connectivity index (χ0) is 38.2. The molecule has 1 aliphatic carbocycles. The van der Waals surface area contributed by atoms with E-state index >= 15 is 0 Å². The van der Waals surface area contributed by atoms with Crippen LogP contribution in [0, 0.1) is 13.8 Å². The summed E-state index contributed by atoms with van der Waals surface area (Å²) in [6, 6.07) is 42.8. The SMILES string of the molecule is C=CC(/C(/C=C\C)=C\C)=C(\Nc1ccccc1)C(=C)C.CC.Cc1cccc(N(C2=CC=C(c3ccccc3)CC2)c2c(C)ccc3ccccc23)c1. The summed E-state index contributed by atoms with van der Waals surface area (Å²) in [5.74, 6) is 0. The molecule has 0 atom stereocenters. The van der Waals surface area contributed by atoms with Crippen molar-refractivity contribution < 1.29 is 0 Å². The Morgan fingerprint density at radius 3 is 2.04 bits per heavy atom. The van der Waals surface area contributed by atoms with E-state index in [1.807, 2.05) is 77.1 Å². The lowest BCUT2D eigenvalue weighted by Gasteiger charge is -2.32. The molecule has 0 bridgehead atoms. The van der Waals surface area contributed by atoms with Gasteiger partial charge in [-0.15, -0.1) is 0 Å². The molecule has 5 aromatic rings. The first-order chi connectivity index (χ1) is 25.8. The first-order valence-electron chi connectivity index (χ1n) is 18.8. The van der Waals surface area contributed by atoms with E-state index in [1.54, 1.807) is 0 Å². The fourth-order valence-electron chi connectivity index (χ4n) is 6.53. The summed E-state index contributed by atoms with van der Waals surface area (Å²) in [4.78, 5) is 2.48. The summed E-state index contributed by atoms with van der Waals surface area (Å²) in [5, 5.41) is 6.01. The molecule has 0 heterocycles. The monoisotopic (exact) mass is 696 g/mol. The molecule has 0 aromatic heterocycles. The number of nitrogens with one attached hydrogen (secondary N) is 1. The molecule has 270 valence electrons. The number of aryl methyl sites for hydroxylation is 2. The van der Waals surface area contributed by atoms with Crippen LogP contribution in [0.5, 0.6) is 0 Å². The molecule has 1 N–H and O–H groups in total. The van der Waals surface area contributed by atoms with Crippen LogP contribution in [-0.4, -0.2) is 0 Å². The van der Waals surface area contributed by atoms with Gasteiger partial charge < -0.3 is 10.2 Å². The molecule has 5 aromatic carbocycles. The molecule has 53 heavy (non-hydrogen) atoms. The van der Waals surface area contributed by atoms with Crippen LogP contribution in [-0.2, 0) is 0 Å². The van der Waals surface area contributed by atoms with E-state index in [2.05, 4.69) is 153 Å². The fraction of sp³-hybridized carbons (Fsp3) is 0.176. The van der Waals surface area contributed by atoms with Gasteiger partial charge in [-0.05, 0) is 117 Å². The number of hydrogen-bond acceptors (Lipinski definition) is 2. The molecule has 0 amide bonds. The van der Waals surface area contributed by atoms with Crippen LogP contribution in [0.1, 0.15) is 64.2 Å². The van der Waals surface area contributed by atoms with Crippen molar-refractivity contribution in [2.45, 2.75) is 61.3 Å². The Morgan fingerprint density at radius 1 is 0.755 bits per heavy atom. The van der Waals surface area contributed by atoms with Gasteiger partial charge in [-0.2, -0.15) is 0 Å². The van der Waals surface area contributed by atoms with E-state index in [-0.39, 0.29) is 0 Å². The van der Waals surface area contributed by atoms with Crippen molar-refractivity contribution >= 4 is 33.4 Å². The van der Waals surface area contributed by atoms with Crippen LogP contribution in [0.15, 0.2) is 199 Å². The summed E-state index contributed by atoms with van der Waals surface area (Å²) < 4.78 is 0. The van der Waals surface area contributed by atoms with Crippen molar-refractivity contribution in [3.63, 3.8) is 0 Å². The molecule has 0 aliphatic heterocycles. The highest BCUT2D eigenvalue weighted by Gasteiger charge is 2.21. The lowest BCUT2D eigenvalue weighted by atomic mass is 9.94. The van der Waals surface area contributed by atoms with E-state index in [4.69, 9.17) is 0 Å². The average Bonchev–Trinajstić information content (AvgIpc) is 3.20. The highest BCUT2D eigenvalue weighted by Crippen LogP contribution is 2.41. The maximum Gasteiger partial charge on any atom is 0.0565 e. The van der Waals surface area contributed by atoms with Gasteiger partial charge in [0.2, 0.25) is 0 Å². The Balaban J connectivity index is 0.000000248. The number of hydrogen-bond donors (Lipinski definition) is 1. The Morgan fingerprint density at radius 2 is 1.43 bits per heavy atom. The zero-order valence-electron chi connectivity index (χ0n) is 32.8. The highest BCUT2D eigenvalue weighted by molar-refractivity contribution is 5.99. The quantitative estimate of drug-likeness (QED) is 0.146. The Bertz CT molecular complexity index is 2140. The molecule has 0 saturated heterocycles. The summed E-state index contributed by atoms with van der Waals surface area (Å²) in [7, 11) is 0. The van der Waals surface area contributed by atoms with Gasteiger partial charge in [0.05, 0.1) is 5.69 Å². The largest absolute Gasteiger partial charge is 0.355 e. The van der Waals surface area contributed by atoms with Gasteiger partial charge in [0, 0.05) is 33.7 Å². The molecule has 0 spiro atoms. The third kappa shape index (κ3) is 10.4. The smallest absolute Gasteiger partial charge is 0.0565 e. The maximum atomic E-state index is 4.08. The number of benzene rings is 5. The number of allylic oxidation sites excluding steroid dienone is 11. The number of para-hydroxylation sites is 1. The lowest BCUT2D eigenvalue weighted by molar-refractivity contribution is 0.929. The minimum Gasteiger partial charge on any atom is -0.355 e. The van der Waals surface area contributed by atoms with Crippen LogP contribution in [0.4, 0.5) is 17.1 Å². The Kier molecular flexibility index (Phi) is 15.3. The standard InChI is InChI=1S/C30H27N.C19H23N.C2H6/c1-22-9-8-13-28(21-22)31(30-23(2)15-16-26-12-6-7-14-29(26)30)27-19-17-25(18-20-27)24-10-4-3-5-11-24;1-6-12-16(7-2)18(8-3)19(15(4)5)20-17-13-10-9-11-14-17;1-2/h3-17,19,21H,18,20H2,1-2H3;6-14,20H,3-4H2,1-2,5H3;1-2H3/b;12-6-,16-7-,19-18+;. The van der Waals surface area contributed by atoms with Gasteiger partial charge in [-0.1, -0.05) is 154 Å². The molecule has 0 saturated carbocycles. The number of anilines is 3. The van der Waals surface area contributed by atoms with Crippen molar-refractivity contribution in [2.75, 3.05) is 10.2 Å². The zero-order valence-corrected chi connectivity index (χ0v) is 32.8. The summed E-state index contributed by atoms with van der Waals surface area (Å²) in [5.41, 5.74) is 14.3. The molecule has 0 unspecified atom stereocenters. The Hall–Kier alpha value is -5.86. The summed E-state index contributed by atoms with van der Waals surface area (Å²) in [6.07, 6.45) is 14.7. The second-order valence-corrected chi connectivity index (χ2v) is 12.9. The third-order valence-corrected chi connectivity index (χ3v) is 9.06. The fourth-order valence-corrected chi connectivity index (χ4v) is 6.53. The van der Waals surface area contributed by atoms with E-state index in [1.165, 1.54) is 50.1 Å². The number of nitrogens with zero attached hydrogens (tertiary/aromatic N) is 1. The van der Waals surface area contributed by atoms with Crippen molar-refractivity contribution in [1.82, 2.24) is 0 Å². The predicted octanol–water partition coefficient (Wildman–Crippen LogP) is 15.0. The van der Waals surface area contributed by atoms with E-state index in [9.17, 15) is 0 Å². The third-order valence-electron chi connectivity index (χ3n) is 9.06. The van der Waals surface area contributed by atoms with Crippen LogP contribution in [0.3, 0.4) is 0 Å². The van der Waals surface area contributed by atoms with Crippen LogP contribution >= 0.6 is 0 Å². The minimum atomic E-state index is 0.979. The van der Waals surface area contributed by atoms with Gasteiger partial charge >= 0.3 is 0 Å². The molecule has 2 heteroatoms. The van der Waals surface area contributed by atoms with E-state index in [0.717, 1.165) is 40.9 Å². The molecule has 2 nitrogen and oxygen atoms in total. The maximum absolute atomic E-state index is 4.08. The van der Waals surface area contributed by atoms with Crippen molar-refractivity contribution in [1.29, 1.82) is 0 Å². The van der Waals surface area contributed by atoms with Crippen LogP contribution < -0.4 is 10.2 Å². The molecule has 0 fully saturated rings. The van der Waals surface area contributed by atoms with Crippen molar-refractivity contribution in [3.8, 4) is 0 Å². The normalized spacial score (nSPS) is 13.0. The number of rotatable bonds is 10. The van der Waals surface area contributed by atoms with E-state index in [0.29, 0.717) is 0 Å². The summed E-state index contributed by atoms with van der Waals surface area (Å²) >= 11 is 0. The second-order valence-electron chi connectivity index (χ2n) is 12.9. The number of fused-ring (bicyclic) bond motifs is 1. The molecule has 6 rings (SSSR count). The van der Waals surface area contributed by atoms with Gasteiger partial charge in [0.25, 0.3) is 0 Å². The average molecular weight is 697 g/mol. The highest BCUT2D eigenvalue weighted by atomic mass is 15.2. The van der Waals surface area contributed by atoms with Crippen LogP contribution in [0.2, 0.25) is 0 Å². The predicted molar refractivity (Wildman–Crippen MR) is 236 cm³/mol. The van der Waals surface area contributed by atoms with Gasteiger partial charge in [0.15, 0.2) is 0 Å². The second kappa shape index (κ2) is 20.2. The van der Waals surface area contributed by atoms with Crippen LogP contribution in [0.25, 0.3) is 16.3 Å². The van der Waals surface area contributed by atoms with Gasteiger partial charge in [-0.25, -0.2) is 0 Å². The minimum absolute atomic E-state index is 0.979. The first-order valence-corrected chi connectivity index (χ1v) is 18.8. The van der Waals surface area contributed by atoms with Crippen molar-refractivity contribution in [3.05, 3.63) is 216 Å². The topological polar surface area (TPSA) is 15.3 Å². The Labute approximate surface area is 319 Å². The lowest BCUT2D eigenvalue weighted by Crippen LogP contribution is -2.19. The first kappa shape index (κ1) is 39.9. The molecule has 1 aliphatic rings. The molecule has 0 radical (unpaired) electrons. The van der Waals surface area contributed by atoms with Gasteiger partial charge in [-0.3, -0.25) is 0 Å².